The number of pyridine rings is 1. The van der Waals surface area contributed by atoms with Crippen LogP contribution in [0.2, 0.25) is 0 Å². The Balaban J connectivity index is 1.78. The third-order valence-electron chi connectivity index (χ3n) is 4.97. The van der Waals surface area contributed by atoms with E-state index in [0.29, 0.717) is 6.54 Å². The molecule has 0 unspecified atom stereocenters. The van der Waals surface area contributed by atoms with Crippen molar-refractivity contribution in [1.82, 2.24) is 14.2 Å². The zero-order chi connectivity index (χ0) is 15.6. The molecule has 1 atom stereocenters. The van der Waals surface area contributed by atoms with Gasteiger partial charge >= 0.3 is 0 Å². The van der Waals surface area contributed by atoms with Crippen LogP contribution < -0.4 is 0 Å². The quantitative estimate of drug-likeness (QED) is 0.852. The van der Waals surface area contributed by atoms with Crippen LogP contribution >= 0.6 is 0 Å². The summed E-state index contributed by atoms with van der Waals surface area (Å²) in [5.41, 5.74) is 1.06. The maximum atomic E-state index is 12.2. The number of likely N-dealkylation sites (tertiary alicyclic amines) is 1. The highest BCUT2D eigenvalue weighted by molar-refractivity contribution is 7.88. The minimum Gasteiger partial charge on any atom is -0.297 e. The van der Waals surface area contributed by atoms with E-state index in [1.54, 1.807) is 4.31 Å². The fourth-order valence-electron chi connectivity index (χ4n) is 4.08. The van der Waals surface area contributed by atoms with E-state index in [1.807, 2.05) is 24.5 Å². The van der Waals surface area contributed by atoms with Crippen molar-refractivity contribution in [2.45, 2.75) is 44.2 Å². The third-order valence-corrected chi connectivity index (χ3v) is 6.34. The molecule has 1 aromatic heterocycles. The van der Waals surface area contributed by atoms with Gasteiger partial charge in [-0.2, -0.15) is 4.31 Å². The first-order valence-corrected chi connectivity index (χ1v) is 9.94. The first-order valence-electron chi connectivity index (χ1n) is 8.09. The third kappa shape index (κ3) is 3.34. The maximum absolute atomic E-state index is 12.2. The van der Waals surface area contributed by atoms with Crippen molar-refractivity contribution in [3.8, 4) is 0 Å². The molecule has 2 saturated heterocycles. The molecular weight excluding hydrogens is 298 g/mol. The van der Waals surface area contributed by atoms with Crippen LogP contribution in [0.3, 0.4) is 0 Å². The van der Waals surface area contributed by atoms with Crippen LogP contribution in [0.1, 0.15) is 37.7 Å². The number of rotatable bonds is 3. The number of aromatic nitrogens is 1. The van der Waals surface area contributed by atoms with E-state index in [9.17, 15) is 8.42 Å². The van der Waals surface area contributed by atoms with Gasteiger partial charge in [0.1, 0.15) is 0 Å². The highest BCUT2D eigenvalue weighted by Gasteiger charge is 2.45. The van der Waals surface area contributed by atoms with Crippen LogP contribution in [0.25, 0.3) is 0 Å². The van der Waals surface area contributed by atoms with Gasteiger partial charge in [0, 0.05) is 37.6 Å². The summed E-state index contributed by atoms with van der Waals surface area (Å²) in [5.74, 6) is 0. The fraction of sp³-hybridized carbons (Fsp3) is 0.688. The maximum Gasteiger partial charge on any atom is 0.211 e. The average molecular weight is 323 g/mol. The summed E-state index contributed by atoms with van der Waals surface area (Å²) in [6, 6.07) is 4.08. The molecule has 2 aliphatic rings. The summed E-state index contributed by atoms with van der Waals surface area (Å²) in [4.78, 5) is 6.47. The lowest BCUT2D eigenvalue weighted by molar-refractivity contribution is 0.0337. The SMILES string of the molecule is CS(=O)(=O)N1CCCC[C@]12CCCN(Cc1ccncc1)C2. The molecule has 0 saturated carbocycles. The van der Waals surface area contributed by atoms with E-state index < -0.39 is 10.0 Å². The van der Waals surface area contributed by atoms with E-state index >= 15 is 0 Å². The molecule has 0 N–H and O–H groups in total. The monoisotopic (exact) mass is 323 g/mol. The summed E-state index contributed by atoms with van der Waals surface area (Å²) in [6.45, 7) is 3.45. The standard InChI is InChI=1S/C16H25N3O2S/c1-22(20,21)19-12-3-2-7-16(19)8-4-11-18(14-16)13-15-5-9-17-10-6-15/h5-6,9-10H,2-4,7-8,11-14H2,1H3/t16-/m1/s1. The molecule has 122 valence electrons. The second kappa shape index (κ2) is 6.26. The number of sulfonamides is 1. The largest absolute Gasteiger partial charge is 0.297 e. The van der Waals surface area contributed by atoms with Crippen molar-refractivity contribution in [3.63, 3.8) is 0 Å². The van der Waals surface area contributed by atoms with Crippen molar-refractivity contribution in [2.75, 3.05) is 25.9 Å². The van der Waals surface area contributed by atoms with Gasteiger partial charge in [-0.25, -0.2) is 8.42 Å². The minimum atomic E-state index is -3.13. The van der Waals surface area contributed by atoms with Crippen LogP contribution in [0.15, 0.2) is 24.5 Å². The lowest BCUT2D eigenvalue weighted by Gasteiger charge is -2.51. The Kier molecular flexibility index (Phi) is 4.52. The Bertz CT molecular complexity index is 601. The van der Waals surface area contributed by atoms with Gasteiger partial charge in [0.25, 0.3) is 0 Å². The van der Waals surface area contributed by atoms with Crippen LogP contribution in [0, 0.1) is 0 Å². The van der Waals surface area contributed by atoms with Gasteiger partial charge in [-0.15, -0.1) is 0 Å². The highest BCUT2D eigenvalue weighted by Crippen LogP contribution is 2.38. The summed E-state index contributed by atoms with van der Waals surface area (Å²) < 4.78 is 26.2. The number of hydrogen-bond donors (Lipinski definition) is 0. The summed E-state index contributed by atoms with van der Waals surface area (Å²) >= 11 is 0. The zero-order valence-corrected chi connectivity index (χ0v) is 14.1. The van der Waals surface area contributed by atoms with Crippen LogP contribution in [0.4, 0.5) is 0 Å². The molecule has 0 bridgehead atoms. The summed E-state index contributed by atoms with van der Waals surface area (Å²) in [7, 11) is -3.13. The Morgan fingerprint density at radius 1 is 1.14 bits per heavy atom. The second-order valence-electron chi connectivity index (χ2n) is 6.69. The number of nitrogens with zero attached hydrogens (tertiary/aromatic N) is 3. The van der Waals surface area contributed by atoms with Gasteiger partial charge in [-0.05, 0) is 49.9 Å². The molecule has 5 nitrogen and oxygen atoms in total. The molecule has 0 aliphatic carbocycles. The first-order chi connectivity index (χ1) is 10.5. The zero-order valence-electron chi connectivity index (χ0n) is 13.2. The van der Waals surface area contributed by atoms with Gasteiger partial charge < -0.3 is 0 Å². The van der Waals surface area contributed by atoms with Gasteiger partial charge in [-0.1, -0.05) is 6.42 Å². The van der Waals surface area contributed by atoms with Crippen LogP contribution in [-0.2, 0) is 16.6 Å². The molecule has 22 heavy (non-hydrogen) atoms. The van der Waals surface area contributed by atoms with Gasteiger partial charge in [0.15, 0.2) is 0 Å². The molecule has 3 rings (SSSR count). The smallest absolute Gasteiger partial charge is 0.211 e. The molecular formula is C16H25N3O2S. The van der Waals surface area contributed by atoms with Crippen LogP contribution in [-0.4, -0.2) is 54.0 Å². The summed E-state index contributed by atoms with van der Waals surface area (Å²) in [5, 5.41) is 0. The topological polar surface area (TPSA) is 53.5 Å². The molecule has 0 radical (unpaired) electrons. The van der Waals surface area contributed by atoms with Crippen molar-refractivity contribution in [3.05, 3.63) is 30.1 Å². The van der Waals surface area contributed by atoms with Gasteiger partial charge in [0.2, 0.25) is 10.0 Å². The van der Waals surface area contributed by atoms with Crippen molar-refractivity contribution < 1.29 is 8.42 Å². The Morgan fingerprint density at radius 3 is 2.59 bits per heavy atom. The molecule has 2 aliphatic heterocycles. The second-order valence-corrected chi connectivity index (χ2v) is 8.59. The fourth-order valence-corrected chi connectivity index (χ4v) is 5.49. The minimum absolute atomic E-state index is 0.183. The number of piperidine rings is 2. The lowest BCUT2D eigenvalue weighted by atomic mass is 9.81. The van der Waals surface area contributed by atoms with E-state index in [-0.39, 0.29) is 5.54 Å². The molecule has 1 aromatic rings. The Morgan fingerprint density at radius 2 is 1.86 bits per heavy atom. The molecule has 1 spiro atoms. The predicted molar refractivity (Wildman–Crippen MR) is 86.9 cm³/mol. The van der Waals surface area contributed by atoms with Crippen molar-refractivity contribution in [2.24, 2.45) is 0 Å². The average Bonchev–Trinajstić information content (AvgIpc) is 2.47. The summed E-state index contributed by atoms with van der Waals surface area (Å²) in [6.07, 6.45) is 10.2. The first kappa shape index (κ1) is 15.9. The molecule has 0 amide bonds. The lowest BCUT2D eigenvalue weighted by Crippen LogP contribution is -2.61. The van der Waals surface area contributed by atoms with Gasteiger partial charge in [0.05, 0.1) is 6.26 Å². The van der Waals surface area contributed by atoms with Crippen molar-refractivity contribution >= 4 is 10.0 Å². The molecule has 2 fully saturated rings. The predicted octanol–water partition coefficient (Wildman–Crippen LogP) is 1.86. The number of hydrogen-bond acceptors (Lipinski definition) is 4. The Labute approximate surface area is 133 Å². The van der Waals surface area contributed by atoms with E-state index in [4.69, 9.17) is 0 Å². The highest BCUT2D eigenvalue weighted by atomic mass is 32.2. The molecule has 0 aromatic carbocycles. The van der Waals surface area contributed by atoms with E-state index in [0.717, 1.165) is 51.7 Å². The van der Waals surface area contributed by atoms with E-state index in [2.05, 4.69) is 9.88 Å². The van der Waals surface area contributed by atoms with Gasteiger partial charge in [-0.3, -0.25) is 9.88 Å². The van der Waals surface area contributed by atoms with E-state index in [1.165, 1.54) is 11.8 Å². The Hall–Kier alpha value is -0.980. The van der Waals surface area contributed by atoms with Crippen LogP contribution in [0.5, 0.6) is 0 Å². The molecule has 6 heteroatoms. The van der Waals surface area contributed by atoms with Crippen molar-refractivity contribution in [1.29, 1.82) is 0 Å². The normalized spacial score (nSPS) is 28.0. The molecule has 3 heterocycles.